The maximum atomic E-state index is 13.4. The van der Waals surface area contributed by atoms with Gasteiger partial charge in [0.1, 0.15) is 5.82 Å². The topological polar surface area (TPSA) is 30.8 Å². The number of hydrogen-bond donors (Lipinski definition) is 0. The molecule has 2 aromatic carbocycles. The molecule has 1 aliphatic carbocycles. The van der Waals surface area contributed by atoms with Gasteiger partial charge in [-0.15, -0.1) is 0 Å². The number of allylic oxidation sites excluding steroid dienone is 1. The fraction of sp³-hybridized carbons (Fsp3) is 0.318. The molecule has 1 aliphatic heterocycles. The number of ether oxygens (including phenoxy) is 2. The molecule has 1 fully saturated rings. The number of aliphatic imine (C=N–C) groups is 1. The summed E-state index contributed by atoms with van der Waals surface area (Å²) >= 11 is 0. The Hall–Kier alpha value is -2.62. The molecule has 0 spiro atoms. The van der Waals surface area contributed by atoms with E-state index < -0.39 is 0 Å². The first-order chi connectivity index (χ1) is 12.7. The van der Waals surface area contributed by atoms with Crippen LogP contribution in [0, 0.1) is 5.82 Å². The standard InChI is InChI=1S/C22H22FNO2/c1-25-21-8-4-5-15(22(21)26-19-6-2-3-7-19)10-12-18-13-16-9-11-17(23)14-20(16)24-18/h4-5,8-12,14,19H,2-3,6-7,13H2,1H3/b12-10+. The van der Waals surface area contributed by atoms with Crippen LogP contribution in [0.2, 0.25) is 0 Å². The SMILES string of the molecule is COc1cccc(/C=C/C2=Nc3cc(F)ccc3C2)c1OC1CCCC1. The van der Waals surface area contributed by atoms with Crippen LogP contribution in [0.3, 0.4) is 0 Å². The van der Waals surface area contributed by atoms with E-state index in [4.69, 9.17) is 9.47 Å². The minimum absolute atomic E-state index is 0.252. The van der Waals surface area contributed by atoms with Gasteiger partial charge in [0.05, 0.1) is 18.9 Å². The highest BCUT2D eigenvalue weighted by Gasteiger charge is 2.20. The highest BCUT2D eigenvalue weighted by atomic mass is 19.1. The molecule has 0 unspecified atom stereocenters. The van der Waals surface area contributed by atoms with E-state index in [-0.39, 0.29) is 11.9 Å². The zero-order chi connectivity index (χ0) is 17.9. The van der Waals surface area contributed by atoms with Crippen LogP contribution in [-0.2, 0) is 6.42 Å². The second kappa shape index (κ2) is 7.32. The van der Waals surface area contributed by atoms with Gasteiger partial charge in [-0.3, -0.25) is 4.99 Å². The number of fused-ring (bicyclic) bond motifs is 1. The molecular weight excluding hydrogens is 329 g/mol. The average Bonchev–Trinajstić information content (AvgIpc) is 3.29. The van der Waals surface area contributed by atoms with Crippen molar-refractivity contribution >= 4 is 17.5 Å². The Labute approximate surface area is 153 Å². The Morgan fingerprint density at radius 1 is 1.12 bits per heavy atom. The van der Waals surface area contributed by atoms with Gasteiger partial charge in [-0.2, -0.15) is 0 Å². The highest BCUT2D eigenvalue weighted by molar-refractivity contribution is 6.04. The lowest BCUT2D eigenvalue weighted by Crippen LogP contribution is -2.12. The first kappa shape index (κ1) is 16.8. The molecule has 1 saturated carbocycles. The number of methoxy groups -OCH3 is 1. The third kappa shape index (κ3) is 3.50. The Kier molecular flexibility index (Phi) is 4.74. The lowest BCUT2D eigenvalue weighted by atomic mass is 10.1. The van der Waals surface area contributed by atoms with E-state index in [1.165, 1.54) is 25.0 Å². The molecule has 2 aliphatic rings. The Bertz CT molecular complexity index is 866. The van der Waals surface area contributed by atoms with Crippen LogP contribution in [-0.4, -0.2) is 18.9 Å². The Morgan fingerprint density at radius 3 is 2.77 bits per heavy atom. The summed E-state index contributed by atoms with van der Waals surface area (Å²) in [5, 5.41) is 0. The van der Waals surface area contributed by atoms with Crippen molar-refractivity contribution in [1.82, 2.24) is 0 Å². The lowest BCUT2D eigenvalue weighted by molar-refractivity contribution is 0.200. The van der Waals surface area contributed by atoms with E-state index in [0.717, 1.165) is 53.3 Å². The summed E-state index contributed by atoms with van der Waals surface area (Å²) in [6.45, 7) is 0. The first-order valence-corrected chi connectivity index (χ1v) is 9.10. The van der Waals surface area contributed by atoms with Crippen molar-refractivity contribution in [2.45, 2.75) is 38.2 Å². The molecule has 134 valence electrons. The summed E-state index contributed by atoms with van der Waals surface area (Å²) in [5.74, 6) is 1.29. The summed E-state index contributed by atoms with van der Waals surface area (Å²) in [7, 11) is 1.66. The second-order valence-corrected chi connectivity index (χ2v) is 6.79. The third-order valence-electron chi connectivity index (χ3n) is 4.95. The molecule has 0 N–H and O–H groups in total. The monoisotopic (exact) mass is 351 g/mol. The zero-order valence-corrected chi connectivity index (χ0v) is 14.9. The molecule has 0 amide bonds. The second-order valence-electron chi connectivity index (χ2n) is 6.79. The number of halogens is 1. The molecule has 1 heterocycles. The van der Waals surface area contributed by atoms with Gasteiger partial charge in [0.15, 0.2) is 11.5 Å². The summed E-state index contributed by atoms with van der Waals surface area (Å²) in [5.41, 5.74) is 3.66. The molecule has 0 radical (unpaired) electrons. The smallest absolute Gasteiger partial charge is 0.168 e. The van der Waals surface area contributed by atoms with Crippen LogP contribution < -0.4 is 9.47 Å². The molecule has 0 bridgehead atoms. The molecule has 0 saturated heterocycles. The summed E-state index contributed by atoms with van der Waals surface area (Å²) < 4.78 is 25.1. The van der Waals surface area contributed by atoms with Crippen molar-refractivity contribution in [2.75, 3.05) is 7.11 Å². The van der Waals surface area contributed by atoms with Crippen molar-refractivity contribution in [1.29, 1.82) is 0 Å². The van der Waals surface area contributed by atoms with Crippen molar-refractivity contribution in [2.24, 2.45) is 4.99 Å². The van der Waals surface area contributed by atoms with E-state index in [1.807, 2.05) is 30.4 Å². The number of hydrogen-bond acceptors (Lipinski definition) is 3. The number of benzene rings is 2. The highest BCUT2D eigenvalue weighted by Crippen LogP contribution is 2.36. The molecule has 4 rings (SSSR count). The lowest BCUT2D eigenvalue weighted by Gasteiger charge is -2.18. The largest absolute Gasteiger partial charge is 0.493 e. The Balaban J connectivity index is 1.58. The van der Waals surface area contributed by atoms with Gasteiger partial charge < -0.3 is 9.47 Å². The average molecular weight is 351 g/mol. The molecular formula is C22H22FNO2. The maximum absolute atomic E-state index is 13.4. The molecule has 2 aromatic rings. The molecule has 4 heteroatoms. The van der Waals surface area contributed by atoms with Crippen molar-refractivity contribution in [3.63, 3.8) is 0 Å². The van der Waals surface area contributed by atoms with Gasteiger partial charge in [0, 0.05) is 17.7 Å². The van der Waals surface area contributed by atoms with Gasteiger partial charge in [0.25, 0.3) is 0 Å². The van der Waals surface area contributed by atoms with E-state index in [0.29, 0.717) is 0 Å². The minimum atomic E-state index is -0.252. The van der Waals surface area contributed by atoms with E-state index in [2.05, 4.69) is 4.99 Å². The van der Waals surface area contributed by atoms with Crippen LogP contribution in [0.15, 0.2) is 47.5 Å². The van der Waals surface area contributed by atoms with Crippen LogP contribution in [0.4, 0.5) is 10.1 Å². The predicted octanol–water partition coefficient (Wildman–Crippen LogP) is 5.50. The van der Waals surface area contributed by atoms with Crippen LogP contribution in [0.5, 0.6) is 11.5 Å². The van der Waals surface area contributed by atoms with Crippen LogP contribution in [0.25, 0.3) is 6.08 Å². The van der Waals surface area contributed by atoms with Gasteiger partial charge in [0.2, 0.25) is 0 Å². The van der Waals surface area contributed by atoms with Gasteiger partial charge in [-0.05, 0) is 61.6 Å². The summed E-state index contributed by atoms with van der Waals surface area (Å²) in [4.78, 5) is 4.52. The molecule has 0 atom stereocenters. The normalized spacial score (nSPS) is 16.8. The van der Waals surface area contributed by atoms with E-state index >= 15 is 0 Å². The fourth-order valence-corrected chi connectivity index (χ4v) is 3.59. The van der Waals surface area contributed by atoms with Gasteiger partial charge in [-0.25, -0.2) is 4.39 Å². The number of para-hydroxylation sites is 1. The number of nitrogens with zero attached hydrogens (tertiary/aromatic N) is 1. The first-order valence-electron chi connectivity index (χ1n) is 9.10. The van der Waals surface area contributed by atoms with Crippen molar-refractivity contribution < 1.29 is 13.9 Å². The summed E-state index contributed by atoms with van der Waals surface area (Å²) in [6.07, 6.45) is 9.59. The quantitative estimate of drug-likeness (QED) is 0.712. The third-order valence-corrected chi connectivity index (χ3v) is 4.95. The molecule has 26 heavy (non-hydrogen) atoms. The minimum Gasteiger partial charge on any atom is -0.493 e. The van der Waals surface area contributed by atoms with Gasteiger partial charge in [-0.1, -0.05) is 18.2 Å². The van der Waals surface area contributed by atoms with Gasteiger partial charge >= 0.3 is 0 Å². The number of rotatable bonds is 5. The fourth-order valence-electron chi connectivity index (χ4n) is 3.59. The zero-order valence-electron chi connectivity index (χ0n) is 14.9. The van der Waals surface area contributed by atoms with Crippen LogP contribution >= 0.6 is 0 Å². The molecule has 0 aromatic heterocycles. The van der Waals surface area contributed by atoms with Crippen LogP contribution in [0.1, 0.15) is 36.8 Å². The van der Waals surface area contributed by atoms with Crippen molar-refractivity contribution in [3.05, 3.63) is 59.4 Å². The molecule has 3 nitrogen and oxygen atoms in total. The maximum Gasteiger partial charge on any atom is 0.168 e. The van der Waals surface area contributed by atoms with E-state index in [1.54, 1.807) is 13.2 Å². The van der Waals surface area contributed by atoms with E-state index in [9.17, 15) is 4.39 Å². The predicted molar refractivity (Wildman–Crippen MR) is 102 cm³/mol. The van der Waals surface area contributed by atoms with Crippen molar-refractivity contribution in [3.8, 4) is 11.5 Å². The Morgan fingerprint density at radius 2 is 1.96 bits per heavy atom. The summed E-state index contributed by atoms with van der Waals surface area (Å²) in [6, 6.07) is 10.7.